The van der Waals surface area contributed by atoms with Crippen LogP contribution in [0.5, 0.6) is 0 Å². The maximum atomic E-state index is 13.1. The molecule has 3 aliphatic rings. The average molecular weight is 405 g/mol. The fourth-order valence-corrected chi connectivity index (χ4v) is 5.04. The molecule has 28 heavy (non-hydrogen) atoms. The molecule has 6 nitrogen and oxygen atoms in total. The Hall–Kier alpha value is -1.79. The van der Waals surface area contributed by atoms with Crippen LogP contribution < -0.4 is 10.2 Å². The van der Waals surface area contributed by atoms with Crippen LogP contribution in [-0.2, 0) is 4.79 Å². The topological polar surface area (TPSA) is 55.9 Å². The number of hydrogen-bond acceptors (Lipinski definition) is 4. The van der Waals surface area contributed by atoms with Crippen LogP contribution in [-0.4, -0.2) is 60.1 Å². The minimum Gasteiger partial charge on any atom is -0.369 e. The van der Waals surface area contributed by atoms with Crippen LogP contribution in [0.2, 0.25) is 5.02 Å². The molecular weight excluding hydrogens is 376 g/mol. The second kappa shape index (κ2) is 7.56. The standard InChI is InChI=1S/C21H29ClN4O2/c1-15-6-7-17(22)13-18(15)25-11-9-24(10-12-25)14-26-19(27)21(23-20(26)28)8-4-3-5-16(21)2/h6-7,13,16H,3-5,8-12,14H2,1-2H3,(H,23,28)/t16-,21-/m1/s1. The number of nitrogens with zero attached hydrogens (tertiary/aromatic N) is 3. The van der Waals surface area contributed by atoms with Crippen molar-refractivity contribution in [3.05, 3.63) is 28.8 Å². The fraction of sp³-hybridized carbons (Fsp3) is 0.619. The molecule has 3 fully saturated rings. The van der Waals surface area contributed by atoms with Crippen molar-refractivity contribution >= 4 is 29.2 Å². The van der Waals surface area contributed by atoms with Crippen LogP contribution in [0.25, 0.3) is 0 Å². The quantitative estimate of drug-likeness (QED) is 0.786. The van der Waals surface area contributed by atoms with Crippen LogP contribution >= 0.6 is 11.6 Å². The number of imide groups is 1. The van der Waals surface area contributed by atoms with Crippen molar-refractivity contribution in [1.29, 1.82) is 0 Å². The molecule has 3 amide bonds. The van der Waals surface area contributed by atoms with Crippen molar-refractivity contribution in [2.75, 3.05) is 37.7 Å². The molecule has 4 rings (SSSR count). The highest BCUT2D eigenvalue weighted by Gasteiger charge is 2.55. The third-order valence-corrected chi connectivity index (χ3v) is 6.96. The fourth-order valence-electron chi connectivity index (χ4n) is 4.88. The first-order valence-electron chi connectivity index (χ1n) is 10.3. The molecule has 1 N–H and O–H groups in total. The molecule has 2 aliphatic heterocycles. The number of halogens is 1. The van der Waals surface area contributed by atoms with Crippen LogP contribution in [0.1, 0.15) is 38.2 Å². The lowest BCUT2D eigenvalue weighted by Crippen LogP contribution is -2.55. The van der Waals surface area contributed by atoms with Crippen molar-refractivity contribution in [2.45, 2.75) is 45.1 Å². The summed E-state index contributed by atoms with van der Waals surface area (Å²) in [4.78, 5) is 31.7. The number of nitrogens with one attached hydrogen (secondary N) is 1. The zero-order valence-electron chi connectivity index (χ0n) is 16.7. The first-order valence-corrected chi connectivity index (χ1v) is 10.7. The van der Waals surface area contributed by atoms with E-state index in [1.807, 2.05) is 18.2 Å². The van der Waals surface area contributed by atoms with Gasteiger partial charge in [0, 0.05) is 36.9 Å². The number of aryl methyl sites for hydroxylation is 1. The van der Waals surface area contributed by atoms with Crippen molar-refractivity contribution in [1.82, 2.24) is 15.1 Å². The monoisotopic (exact) mass is 404 g/mol. The largest absolute Gasteiger partial charge is 0.369 e. The Morgan fingerprint density at radius 2 is 1.93 bits per heavy atom. The van der Waals surface area contributed by atoms with E-state index >= 15 is 0 Å². The van der Waals surface area contributed by atoms with Gasteiger partial charge in [-0.25, -0.2) is 9.69 Å². The number of carbonyl (C=O) groups excluding carboxylic acids is 2. The van der Waals surface area contributed by atoms with E-state index in [4.69, 9.17) is 11.6 Å². The number of anilines is 1. The van der Waals surface area contributed by atoms with Crippen LogP contribution in [0.3, 0.4) is 0 Å². The molecule has 1 spiro atoms. The van der Waals surface area contributed by atoms with E-state index in [0.717, 1.165) is 62.6 Å². The predicted molar refractivity (Wildman–Crippen MR) is 111 cm³/mol. The Balaban J connectivity index is 1.39. The minimum atomic E-state index is -0.672. The molecule has 0 aromatic heterocycles. The Bertz CT molecular complexity index is 778. The number of amides is 3. The van der Waals surface area contributed by atoms with Gasteiger partial charge in [-0.1, -0.05) is 37.4 Å². The van der Waals surface area contributed by atoms with E-state index in [9.17, 15) is 9.59 Å². The molecule has 0 unspecified atom stereocenters. The molecule has 1 aromatic rings. The van der Waals surface area contributed by atoms with Crippen LogP contribution in [0.4, 0.5) is 10.5 Å². The van der Waals surface area contributed by atoms with E-state index < -0.39 is 5.54 Å². The molecule has 0 bridgehead atoms. The van der Waals surface area contributed by atoms with E-state index in [0.29, 0.717) is 6.67 Å². The molecule has 1 saturated carbocycles. The lowest BCUT2D eigenvalue weighted by atomic mass is 9.73. The summed E-state index contributed by atoms with van der Waals surface area (Å²) in [5.41, 5.74) is 1.70. The Morgan fingerprint density at radius 3 is 2.64 bits per heavy atom. The highest BCUT2D eigenvalue weighted by molar-refractivity contribution is 6.30. The Labute approximate surface area is 171 Å². The number of rotatable bonds is 3. The van der Waals surface area contributed by atoms with E-state index in [1.165, 1.54) is 10.5 Å². The van der Waals surface area contributed by atoms with Crippen molar-refractivity contribution in [3.63, 3.8) is 0 Å². The van der Waals surface area contributed by atoms with Gasteiger partial charge in [-0.3, -0.25) is 9.69 Å². The smallest absolute Gasteiger partial charge is 0.326 e. The van der Waals surface area contributed by atoms with E-state index in [2.05, 4.69) is 29.0 Å². The molecule has 2 atom stereocenters. The lowest BCUT2D eigenvalue weighted by molar-refractivity contribution is -0.135. The van der Waals surface area contributed by atoms with Gasteiger partial charge in [-0.05, 0) is 43.4 Å². The minimum absolute atomic E-state index is 0.0298. The molecule has 7 heteroatoms. The highest BCUT2D eigenvalue weighted by atomic mass is 35.5. The van der Waals surface area contributed by atoms with Crippen molar-refractivity contribution < 1.29 is 9.59 Å². The summed E-state index contributed by atoms with van der Waals surface area (Å²) >= 11 is 6.17. The molecule has 2 heterocycles. The summed E-state index contributed by atoms with van der Waals surface area (Å²) in [5.74, 6) is 0.170. The zero-order valence-corrected chi connectivity index (χ0v) is 17.5. The number of hydrogen-bond donors (Lipinski definition) is 1. The van der Waals surface area contributed by atoms with Gasteiger partial charge < -0.3 is 10.2 Å². The van der Waals surface area contributed by atoms with Gasteiger partial charge in [0.25, 0.3) is 5.91 Å². The van der Waals surface area contributed by atoms with Gasteiger partial charge in [0.1, 0.15) is 5.54 Å². The first kappa shape index (κ1) is 19.5. The summed E-state index contributed by atoms with van der Waals surface area (Å²) in [6.07, 6.45) is 3.90. The number of benzene rings is 1. The normalized spacial score (nSPS) is 28.9. The third kappa shape index (κ3) is 3.37. The second-order valence-corrected chi connectivity index (χ2v) is 8.90. The van der Waals surface area contributed by atoms with E-state index in [-0.39, 0.29) is 17.9 Å². The van der Waals surface area contributed by atoms with Gasteiger partial charge in [0.05, 0.1) is 6.67 Å². The van der Waals surface area contributed by atoms with Gasteiger partial charge in [-0.15, -0.1) is 0 Å². The molecule has 1 aliphatic carbocycles. The van der Waals surface area contributed by atoms with Gasteiger partial charge in [0.2, 0.25) is 0 Å². The average Bonchev–Trinajstić information content (AvgIpc) is 2.92. The summed E-state index contributed by atoms with van der Waals surface area (Å²) in [6, 6.07) is 5.74. The molecular formula is C21H29ClN4O2. The summed E-state index contributed by atoms with van der Waals surface area (Å²) in [7, 11) is 0. The molecule has 2 saturated heterocycles. The predicted octanol–water partition coefficient (Wildman–Crippen LogP) is 3.23. The third-order valence-electron chi connectivity index (χ3n) is 6.73. The zero-order chi connectivity index (χ0) is 19.9. The summed E-state index contributed by atoms with van der Waals surface area (Å²) in [6.45, 7) is 7.89. The highest BCUT2D eigenvalue weighted by Crippen LogP contribution is 2.38. The number of piperazine rings is 1. The number of carbonyl (C=O) groups is 2. The van der Waals surface area contributed by atoms with Gasteiger partial charge in [-0.2, -0.15) is 0 Å². The number of urea groups is 1. The van der Waals surface area contributed by atoms with Gasteiger partial charge in [0.15, 0.2) is 0 Å². The lowest BCUT2D eigenvalue weighted by Gasteiger charge is -2.39. The van der Waals surface area contributed by atoms with Gasteiger partial charge >= 0.3 is 6.03 Å². The van der Waals surface area contributed by atoms with E-state index in [1.54, 1.807) is 0 Å². The van der Waals surface area contributed by atoms with Crippen molar-refractivity contribution in [2.24, 2.45) is 5.92 Å². The molecule has 0 radical (unpaired) electrons. The molecule has 152 valence electrons. The van der Waals surface area contributed by atoms with Crippen LogP contribution in [0, 0.1) is 12.8 Å². The SMILES string of the molecule is Cc1ccc(Cl)cc1N1CCN(CN2C(=O)N[C@@]3(CCCC[C@H]3C)C2=O)CC1. The summed E-state index contributed by atoms with van der Waals surface area (Å²) in [5, 5.41) is 3.79. The second-order valence-electron chi connectivity index (χ2n) is 8.46. The molecule has 1 aromatic carbocycles. The Morgan fingerprint density at radius 1 is 1.18 bits per heavy atom. The maximum absolute atomic E-state index is 13.1. The Kier molecular flexibility index (Phi) is 5.27. The van der Waals surface area contributed by atoms with Crippen molar-refractivity contribution in [3.8, 4) is 0 Å². The van der Waals surface area contributed by atoms with Crippen LogP contribution in [0.15, 0.2) is 18.2 Å². The maximum Gasteiger partial charge on any atom is 0.326 e. The summed E-state index contributed by atoms with van der Waals surface area (Å²) < 4.78 is 0. The first-order chi connectivity index (χ1) is 13.4.